The summed E-state index contributed by atoms with van der Waals surface area (Å²) in [6.45, 7) is 5.17. The van der Waals surface area contributed by atoms with E-state index in [0.717, 1.165) is 18.6 Å². The fourth-order valence-corrected chi connectivity index (χ4v) is 3.08. The van der Waals surface area contributed by atoms with Crippen LogP contribution in [0.4, 0.5) is 0 Å². The number of piperidine rings is 1. The quantitative estimate of drug-likeness (QED) is 0.786. The van der Waals surface area contributed by atoms with Gasteiger partial charge in [0.15, 0.2) is 5.75 Å². The summed E-state index contributed by atoms with van der Waals surface area (Å²) < 4.78 is 11.7. The molecule has 1 aromatic carbocycles. The SMILES string of the molecule is CC(C)Oc1cnccc1C(=O)N1CCC(Oc2ccc(Cl)cc2)CC1. The number of hydrogen-bond acceptors (Lipinski definition) is 4. The molecule has 1 aliphatic rings. The third kappa shape index (κ3) is 4.67. The number of aromatic nitrogens is 1. The Kier molecular flexibility index (Phi) is 5.99. The largest absolute Gasteiger partial charge is 0.490 e. The van der Waals surface area contributed by atoms with Gasteiger partial charge in [0.2, 0.25) is 0 Å². The van der Waals surface area contributed by atoms with Crippen molar-refractivity contribution in [3.63, 3.8) is 0 Å². The molecule has 0 bridgehead atoms. The second kappa shape index (κ2) is 8.41. The summed E-state index contributed by atoms with van der Waals surface area (Å²) in [5.74, 6) is 1.32. The number of carbonyl (C=O) groups is 1. The first-order chi connectivity index (χ1) is 12.5. The Bertz CT molecular complexity index is 741. The minimum Gasteiger partial charge on any atom is -0.490 e. The minimum atomic E-state index is -0.0204. The Balaban J connectivity index is 1.59. The molecule has 0 spiro atoms. The summed E-state index contributed by atoms with van der Waals surface area (Å²) in [5, 5.41) is 0.689. The molecule has 1 aromatic heterocycles. The molecule has 0 atom stereocenters. The van der Waals surface area contributed by atoms with Crippen LogP contribution in [0.3, 0.4) is 0 Å². The monoisotopic (exact) mass is 374 g/mol. The molecule has 1 amide bonds. The van der Waals surface area contributed by atoms with E-state index in [1.807, 2.05) is 43.0 Å². The van der Waals surface area contributed by atoms with Crippen LogP contribution >= 0.6 is 11.6 Å². The summed E-state index contributed by atoms with van der Waals surface area (Å²) in [4.78, 5) is 18.8. The third-order valence-corrected chi connectivity index (χ3v) is 4.48. The average Bonchev–Trinajstić information content (AvgIpc) is 2.64. The molecular formula is C20H23ClN2O3. The number of nitrogens with zero attached hydrogens (tertiary/aromatic N) is 2. The average molecular weight is 375 g/mol. The molecule has 138 valence electrons. The van der Waals surface area contributed by atoms with Crippen molar-refractivity contribution in [1.29, 1.82) is 0 Å². The van der Waals surface area contributed by atoms with Gasteiger partial charge in [-0.3, -0.25) is 9.78 Å². The molecule has 0 saturated carbocycles. The van der Waals surface area contributed by atoms with Crippen LogP contribution in [0.5, 0.6) is 11.5 Å². The van der Waals surface area contributed by atoms with Crippen LogP contribution in [0.25, 0.3) is 0 Å². The molecule has 0 aliphatic carbocycles. The zero-order valence-electron chi connectivity index (χ0n) is 15.0. The predicted molar refractivity (Wildman–Crippen MR) is 101 cm³/mol. The molecule has 0 unspecified atom stereocenters. The number of halogens is 1. The predicted octanol–water partition coefficient (Wildman–Crippen LogP) is 4.21. The number of pyridine rings is 1. The first-order valence-electron chi connectivity index (χ1n) is 8.85. The van der Waals surface area contributed by atoms with Gasteiger partial charge in [0.05, 0.1) is 17.9 Å². The summed E-state index contributed by atoms with van der Waals surface area (Å²) in [5.41, 5.74) is 0.561. The van der Waals surface area contributed by atoms with Gasteiger partial charge in [0, 0.05) is 37.2 Å². The van der Waals surface area contributed by atoms with Crippen molar-refractivity contribution < 1.29 is 14.3 Å². The van der Waals surface area contributed by atoms with Crippen molar-refractivity contribution >= 4 is 17.5 Å². The van der Waals surface area contributed by atoms with E-state index in [-0.39, 0.29) is 18.1 Å². The molecule has 1 fully saturated rings. The van der Waals surface area contributed by atoms with E-state index in [2.05, 4.69) is 4.98 Å². The second-order valence-corrected chi connectivity index (χ2v) is 7.04. The van der Waals surface area contributed by atoms with Gasteiger partial charge in [-0.1, -0.05) is 11.6 Å². The molecule has 6 heteroatoms. The standard InChI is InChI=1S/C20H23ClN2O3/c1-14(2)25-19-13-22-10-7-18(19)20(24)23-11-8-17(9-12-23)26-16-5-3-15(21)4-6-16/h3-7,10,13-14,17H,8-9,11-12H2,1-2H3. The smallest absolute Gasteiger partial charge is 0.257 e. The summed E-state index contributed by atoms with van der Waals surface area (Å²) in [6.07, 6.45) is 4.90. The van der Waals surface area contributed by atoms with Gasteiger partial charge in [0.1, 0.15) is 11.9 Å². The van der Waals surface area contributed by atoms with Crippen LogP contribution < -0.4 is 9.47 Å². The van der Waals surface area contributed by atoms with Crippen LogP contribution in [0.2, 0.25) is 5.02 Å². The lowest BCUT2D eigenvalue weighted by molar-refractivity contribution is 0.0590. The normalized spacial score (nSPS) is 15.2. The van der Waals surface area contributed by atoms with Crippen molar-refractivity contribution in [2.75, 3.05) is 13.1 Å². The van der Waals surface area contributed by atoms with E-state index in [1.165, 1.54) is 0 Å². The molecule has 26 heavy (non-hydrogen) atoms. The maximum atomic E-state index is 12.9. The number of hydrogen-bond donors (Lipinski definition) is 0. The van der Waals surface area contributed by atoms with Crippen LogP contribution in [0.15, 0.2) is 42.7 Å². The Morgan fingerprint density at radius 3 is 2.54 bits per heavy atom. The van der Waals surface area contributed by atoms with E-state index < -0.39 is 0 Å². The maximum Gasteiger partial charge on any atom is 0.257 e. The van der Waals surface area contributed by atoms with Gasteiger partial charge in [0.25, 0.3) is 5.91 Å². The summed E-state index contributed by atoms with van der Waals surface area (Å²) in [6, 6.07) is 9.08. The Morgan fingerprint density at radius 1 is 1.19 bits per heavy atom. The lowest BCUT2D eigenvalue weighted by Crippen LogP contribution is -2.42. The van der Waals surface area contributed by atoms with Crippen molar-refractivity contribution in [2.45, 2.75) is 38.9 Å². The lowest BCUT2D eigenvalue weighted by atomic mass is 10.1. The first kappa shape index (κ1) is 18.5. The highest BCUT2D eigenvalue weighted by Gasteiger charge is 2.26. The van der Waals surface area contributed by atoms with E-state index >= 15 is 0 Å². The van der Waals surface area contributed by atoms with Crippen molar-refractivity contribution in [1.82, 2.24) is 9.88 Å². The number of likely N-dealkylation sites (tertiary alicyclic amines) is 1. The molecule has 2 aromatic rings. The molecule has 3 rings (SSSR count). The summed E-state index contributed by atoms with van der Waals surface area (Å²) in [7, 11) is 0. The lowest BCUT2D eigenvalue weighted by Gasteiger charge is -2.32. The van der Waals surface area contributed by atoms with Gasteiger partial charge in [-0.15, -0.1) is 0 Å². The van der Waals surface area contributed by atoms with Crippen molar-refractivity contribution in [3.05, 3.63) is 53.3 Å². The Morgan fingerprint density at radius 2 is 1.88 bits per heavy atom. The van der Waals surface area contributed by atoms with E-state index in [9.17, 15) is 4.79 Å². The Labute approximate surface area is 158 Å². The fourth-order valence-electron chi connectivity index (χ4n) is 2.96. The van der Waals surface area contributed by atoms with Crippen molar-refractivity contribution in [3.8, 4) is 11.5 Å². The van der Waals surface area contributed by atoms with E-state index in [0.29, 0.717) is 29.4 Å². The Hall–Kier alpha value is -2.27. The van der Waals surface area contributed by atoms with Crippen molar-refractivity contribution in [2.24, 2.45) is 0 Å². The molecule has 5 nitrogen and oxygen atoms in total. The number of amides is 1. The van der Waals surface area contributed by atoms with Gasteiger partial charge >= 0.3 is 0 Å². The second-order valence-electron chi connectivity index (χ2n) is 6.60. The number of ether oxygens (including phenoxy) is 2. The van der Waals surface area contributed by atoms with Gasteiger partial charge in [-0.25, -0.2) is 0 Å². The molecule has 1 aliphatic heterocycles. The number of carbonyl (C=O) groups excluding carboxylic acids is 1. The highest BCUT2D eigenvalue weighted by Crippen LogP contribution is 2.24. The molecule has 0 radical (unpaired) electrons. The molecule has 2 heterocycles. The highest BCUT2D eigenvalue weighted by molar-refractivity contribution is 6.30. The minimum absolute atomic E-state index is 0.00994. The topological polar surface area (TPSA) is 51.7 Å². The van der Waals surface area contributed by atoms with Crippen LogP contribution in [-0.2, 0) is 0 Å². The van der Waals surface area contributed by atoms with Gasteiger partial charge in [-0.2, -0.15) is 0 Å². The first-order valence-corrected chi connectivity index (χ1v) is 9.23. The maximum absolute atomic E-state index is 12.9. The molecule has 0 N–H and O–H groups in total. The zero-order valence-corrected chi connectivity index (χ0v) is 15.8. The zero-order chi connectivity index (χ0) is 18.5. The van der Waals surface area contributed by atoms with Crippen LogP contribution in [-0.4, -0.2) is 41.1 Å². The van der Waals surface area contributed by atoms with Gasteiger partial charge in [-0.05, 0) is 44.2 Å². The fraction of sp³-hybridized carbons (Fsp3) is 0.400. The van der Waals surface area contributed by atoms with E-state index in [4.69, 9.17) is 21.1 Å². The van der Waals surface area contributed by atoms with Gasteiger partial charge < -0.3 is 14.4 Å². The molecular weight excluding hydrogens is 352 g/mol. The summed E-state index contributed by atoms with van der Waals surface area (Å²) >= 11 is 5.90. The van der Waals surface area contributed by atoms with Crippen LogP contribution in [0, 0.1) is 0 Å². The number of rotatable bonds is 5. The third-order valence-electron chi connectivity index (χ3n) is 4.22. The van der Waals surface area contributed by atoms with Crippen LogP contribution in [0.1, 0.15) is 37.0 Å². The highest BCUT2D eigenvalue weighted by atomic mass is 35.5. The number of benzene rings is 1. The van der Waals surface area contributed by atoms with E-state index in [1.54, 1.807) is 18.5 Å². The molecule has 1 saturated heterocycles.